The molecule has 0 aromatic heterocycles. The van der Waals surface area contributed by atoms with Crippen molar-refractivity contribution in [2.75, 3.05) is 18.6 Å². The maximum Gasteiger partial charge on any atom is 0.337 e. The summed E-state index contributed by atoms with van der Waals surface area (Å²) in [6, 6.07) is 15.5. The maximum atomic E-state index is 13.4. The van der Waals surface area contributed by atoms with Gasteiger partial charge in [0.1, 0.15) is 12.2 Å². The minimum atomic E-state index is -0.906. The van der Waals surface area contributed by atoms with Gasteiger partial charge in [-0.3, -0.25) is 14.9 Å². The third-order valence-corrected chi connectivity index (χ3v) is 6.33. The van der Waals surface area contributed by atoms with Crippen LogP contribution in [-0.4, -0.2) is 37.5 Å². The van der Waals surface area contributed by atoms with Gasteiger partial charge in [0.25, 0.3) is 11.8 Å². The highest BCUT2D eigenvalue weighted by atomic mass is 35.5. The van der Waals surface area contributed by atoms with Crippen LogP contribution in [0.15, 0.2) is 78.9 Å². The molecular weight excluding hydrogens is 548 g/mol. The van der Waals surface area contributed by atoms with E-state index >= 15 is 0 Å². The second-order valence-electron chi connectivity index (χ2n) is 8.84. The number of nitrogens with one attached hydrogen (secondary N) is 1. The van der Waals surface area contributed by atoms with E-state index in [-0.39, 0.29) is 23.4 Å². The Balaban J connectivity index is 1.69. The quantitative estimate of drug-likeness (QED) is 0.147. The summed E-state index contributed by atoms with van der Waals surface area (Å²) in [7, 11) is 1.25. The number of hydrogen-bond donors (Lipinski definition) is 1. The fourth-order valence-electron chi connectivity index (χ4n) is 4.16. The van der Waals surface area contributed by atoms with Crippen LogP contribution in [0.25, 0.3) is 6.08 Å². The van der Waals surface area contributed by atoms with E-state index in [0.717, 1.165) is 16.0 Å². The number of hydrogen-bond acceptors (Lipinski definition) is 7. The minimum Gasteiger partial charge on any atom is -0.490 e. The van der Waals surface area contributed by atoms with Crippen LogP contribution in [0, 0.1) is 0 Å². The zero-order valence-corrected chi connectivity index (χ0v) is 23.2. The van der Waals surface area contributed by atoms with Crippen LogP contribution in [0.4, 0.5) is 10.5 Å². The number of imide groups is 2. The van der Waals surface area contributed by atoms with Gasteiger partial charge in [-0.05, 0) is 79.1 Å². The van der Waals surface area contributed by atoms with E-state index in [4.69, 9.17) is 21.1 Å². The van der Waals surface area contributed by atoms with E-state index in [1.165, 1.54) is 37.5 Å². The molecule has 0 radical (unpaired) electrons. The van der Waals surface area contributed by atoms with Crippen molar-refractivity contribution in [1.29, 1.82) is 0 Å². The molecule has 0 aliphatic carbocycles. The summed E-state index contributed by atoms with van der Waals surface area (Å²) < 4.78 is 16.7. The highest BCUT2D eigenvalue weighted by molar-refractivity contribution is 6.39. The lowest BCUT2D eigenvalue weighted by Crippen LogP contribution is -2.54. The molecule has 10 heteroatoms. The van der Waals surface area contributed by atoms with E-state index in [1.807, 2.05) is 19.1 Å². The molecule has 0 unspecified atom stereocenters. The molecule has 4 amide bonds. The van der Waals surface area contributed by atoms with E-state index in [2.05, 4.69) is 16.6 Å². The lowest BCUT2D eigenvalue weighted by Gasteiger charge is -2.26. The van der Waals surface area contributed by atoms with Crippen LogP contribution < -0.4 is 19.7 Å². The summed E-state index contributed by atoms with van der Waals surface area (Å²) in [6.45, 7) is 6.25. The van der Waals surface area contributed by atoms with Crippen molar-refractivity contribution in [2.45, 2.75) is 20.0 Å². The third-order valence-electron chi connectivity index (χ3n) is 6.07. The molecule has 1 aliphatic heterocycles. The predicted octanol–water partition coefficient (Wildman–Crippen LogP) is 5.50. The van der Waals surface area contributed by atoms with Gasteiger partial charge in [-0.2, -0.15) is 0 Å². The molecule has 3 aromatic rings. The largest absolute Gasteiger partial charge is 0.490 e. The number of amides is 4. The first-order valence-electron chi connectivity index (χ1n) is 12.6. The number of esters is 1. The summed E-state index contributed by atoms with van der Waals surface area (Å²) in [4.78, 5) is 51.4. The van der Waals surface area contributed by atoms with E-state index in [9.17, 15) is 19.2 Å². The summed E-state index contributed by atoms with van der Waals surface area (Å²) in [6.07, 6.45) is 3.51. The molecule has 1 saturated heterocycles. The van der Waals surface area contributed by atoms with Gasteiger partial charge < -0.3 is 14.2 Å². The molecular formula is C31H27ClN2O7. The first kappa shape index (κ1) is 29.1. The number of urea groups is 1. The van der Waals surface area contributed by atoms with Crippen LogP contribution >= 0.6 is 11.6 Å². The van der Waals surface area contributed by atoms with Gasteiger partial charge in [-0.25, -0.2) is 14.5 Å². The maximum absolute atomic E-state index is 13.4. The van der Waals surface area contributed by atoms with Crippen molar-refractivity contribution in [2.24, 2.45) is 0 Å². The molecule has 0 spiro atoms. The predicted molar refractivity (Wildman–Crippen MR) is 154 cm³/mol. The number of methoxy groups -OCH3 is 1. The number of benzene rings is 3. The number of allylic oxidation sites excluding steroid dienone is 1. The molecule has 210 valence electrons. The monoisotopic (exact) mass is 574 g/mol. The van der Waals surface area contributed by atoms with Crippen LogP contribution in [0.3, 0.4) is 0 Å². The molecule has 1 aliphatic rings. The number of barbiturate groups is 1. The van der Waals surface area contributed by atoms with Gasteiger partial charge in [0.2, 0.25) is 0 Å². The molecule has 41 heavy (non-hydrogen) atoms. The van der Waals surface area contributed by atoms with Crippen molar-refractivity contribution in [3.63, 3.8) is 0 Å². The second kappa shape index (κ2) is 13.0. The molecule has 4 rings (SSSR count). The lowest BCUT2D eigenvalue weighted by molar-refractivity contribution is -0.122. The Morgan fingerprint density at radius 1 is 1.02 bits per heavy atom. The zero-order chi connectivity index (χ0) is 29.5. The average Bonchev–Trinajstić information content (AvgIpc) is 2.96. The number of anilines is 1. The average molecular weight is 575 g/mol. The van der Waals surface area contributed by atoms with Gasteiger partial charge >= 0.3 is 12.0 Å². The topological polar surface area (TPSA) is 111 Å². The normalized spacial score (nSPS) is 14.1. The Hall–Kier alpha value is -4.89. The first-order valence-corrected chi connectivity index (χ1v) is 13.0. The van der Waals surface area contributed by atoms with Crippen LogP contribution in [-0.2, 0) is 27.4 Å². The van der Waals surface area contributed by atoms with Gasteiger partial charge in [0.15, 0.2) is 11.5 Å². The Morgan fingerprint density at radius 2 is 1.73 bits per heavy atom. The van der Waals surface area contributed by atoms with Crippen molar-refractivity contribution in [3.8, 4) is 11.5 Å². The summed E-state index contributed by atoms with van der Waals surface area (Å²) >= 11 is 5.99. The van der Waals surface area contributed by atoms with Crippen LogP contribution in [0.2, 0.25) is 5.02 Å². The molecule has 9 nitrogen and oxygen atoms in total. The second-order valence-corrected chi connectivity index (χ2v) is 9.28. The first-order chi connectivity index (χ1) is 19.7. The summed E-state index contributed by atoms with van der Waals surface area (Å²) in [5.74, 6) is -1.30. The Labute approximate surface area is 242 Å². The number of halogens is 1. The number of carbonyl (C=O) groups excluding carboxylic acids is 4. The number of carbonyl (C=O) groups is 4. The number of rotatable bonds is 10. The fraction of sp³-hybridized carbons (Fsp3) is 0.161. The number of ether oxygens (including phenoxy) is 3. The summed E-state index contributed by atoms with van der Waals surface area (Å²) in [5, 5.41) is 2.82. The molecule has 0 atom stereocenters. The molecule has 1 fully saturated rings. The van der Waals surface area contributed by atoms with Crippen molar-refractivity contribution in [3.05, 3.63) is 106 Å². The minimum absolute atomic E-state index is 0.173. The van der Waals surface area contributed by atoms with Gasteiger partial charge in [-0.15, -0.1) is 6.58 Å². The standard InChI is InChI=1S/C31H27ClN2O7/c1-4-6-22-15-20(17-26(40-5-2)27(22)41-18-19-7-11-23(32)12-8-19)16-25-28(35)33-31(38)34(29(25)36)24-13-9-21(10-14-24)30(37)39-3/h4,7-17H,1,5-6,18H2,2-3H3,(H,33,35,38)/b25-16+. The third kappa shape index (κ3) is 6.64. The number of nitrogens with zero attached hydrogens (tertiary/aromatic N) is 1. The summed E-state index contributed by atoms with van der Waals surface area (Å²) in [5.41, 5.74) is 2.26. The van der Waals surface area contributed by atoms with Gasteiger partial charge in [0, 0.05) is 10.6 Å². The smallest absolute Gasteiger partial charge is 0.337 e. The highest BCUT2D eigenvalue weighted by Gasteiger charge is 2.37. The van der Waals surface area contributed by atoms with Crippen molar-refractivity contribution < 1.29 is 33.4 Å². The molecule has 3 aromatic carbocycles. The van der Waals surface area contributed by atoms with Gasteiger partial charge in [-0.1, -0.05) is 29.8 Å². The molecule has 0 bridgehead atoms. The Kier molecular flexibility index (Phi) is 9.21. The van der Waals surface area contributed by atoms with Gasteiger partial charge in [0.05, 0.1) is 25.0 Å². The Bertz CT molecular complexity index is 1530. The zero-order valence-electron chi connectivity index (χ0n) is 22.4. The van der Waals surface area contributed by atoms with E-state index in [0.29, 0.717) is 35.1 Å². The molecule has 1 heterocycles. The van der Waals surface area contributed by atoms with Crippen molar-refractivity contribution in [1.82, 2.24) is 5.32 Å². The SMILES string of the molecule is C=CCc1cc(/C=C2\C(=O)NC(=O)N(c3ccc(C(=O)OC)cc3)C2=O)cc(OCC)c1OCc1ccc(Cl)cc1. The van der Waals surface area contributed by atoms with Crippen LogP contribution in [0.5, 0.6) is 11.5 Å². The Morgan fingerprint density at radius 3 is 2.37 bits per heavy atom. The highest BCUT2D eigenvalue weighted by Crippen LogP contribution is 2.36. The van der Waals surface area contributed by atoms with Crippen molar-refractivity contribution >= 4 is 47.2 Å². The van der Waals surface area contributed by atoms with E-state index < -0.39 is 23.8 Å². The fourth-order valence-corrected chi connectivity index (χ4v) is 4.29. The lowest BCUT2D eigenvalue weighted by atomic mass is 10.0. The van der Waals surface area contributed by atoms with Crippen LogP contribution in [0.1, 0.15) is 34.0 Å². The van der Waals surface area contributed by atoms with E-state index in [1.54, 1.807) is 30.3 Å². The molecule has 1 N–H and O–H groups in total. The molecule has 0 saturated carbocycles.